The number of aliphatic hydroxyl groups excluding tert-OH is 1. The molecule has 76 valence electrons. The van der Waals surface area contributed by atoms with Crippen LogP contribution in [0.2, 0.25) is 0 Å². The number of unbranched alkanes of at least 4 members (excludes halogenated alkanes) is 3. The number of allylic oxidation sites excluding steroid dienone is 3. The maximum absolute atomic E-state index is 8.50. The van der Waals surface area contributed by atoms with Crippen molar-refractivity contribution in [1.29, 1.82) is 0 Å². The molecule has 0 fully saturated rings. The van der Waals surface area contributed by atoms with Crippen molar-refractivity contribution in [2.45, 2.75) is 45.4 Å². The molecule has 0 aliphatic rings. The van der Waals surface area contributed by atoms with Crippen molar-refractivity contribution in [1.82, 2.24) is 0 Å². The largest absolute Gasteiger partial charge is 0.396 e. The molecule has 0 aliphatic heterocycles. The van der Waals surface area contributed by atoms with Crippen molar-refractivity contribution < 1.29 is 5.11 Å². The van der Waals surface area contributed by atoms with Crippen LogP contribution < -0.4 is 0 Å². The van der Waals surface area contributed by atoms with Gasteiger partial charge in [-0.3, -0.25) is 0 Å². The number of rotatable bonds is 8. The summed E-state index contributed by atoms with van der Waals surface area (Å²) in [5.41, 5.74) is 0. The standard InChI is InChI=1S/C12H22O/c1-2-3-4-5-6-7-8-9-10-11-12-13/h6-7,9-10,13H,2-5,8,11-12H2,1H3/b7-6+,10-9-. The zero-order valence-electron chi connectivity index (χ0n) is 8.71. The van der Waals surface area contributed by atoms with Gasteiger partial charge in [-0.2, -0.15) is 0 Å². The van der Waals surface area contributed by atoms with Crippen LogP contribution in [-0.4, -0.2) is 11.7 Å². The second-order valence-corrected chi connectivity index (χ2v) is 3.19. The third-order valence-electron chi connectivity index (χ3n) is 1.88. The van der Waals surface area contributed by atoms with Gasteiger partial charge in [0.2, 0.25) is 0 Å². The van der Waals surface area contributed by atoms with Gasteiger partial charge in [-0.1, -0.05) is 44.1 Å². The molecule has 0 aromatic rings. The summed E-state index contributed by atoms with van der Waals surface area (Å²) in [5.74, 6) is 0. The summed E-state index contributed by atoms with van der Waals surface area (Å²) in [5, 5.41) is 8.50. The Labute approximate surface area is 82.2 Å². The van der Waals surface area contributed by atoms with Crippen LogP contribution in [0.15, 0.2) is 24.3 Å². The highest BCUT2D eigenvalue weighted by Crippen LogP contribution is 2.00. The first-order valence-electron chi connectivity index (χ1n) is 5.32. The molecule has 0 amide bonds. The van der Waals surface area contributed by atoms with E-state index in [1.54, 1.807) is 0 Å². The van der Waals surface area contributed by atoms with Crippen molar-refractivity contribution in [3.8, 4) is 0 Å². The van der Waals surface area contributed by atoms with E-state index in [1.165, 1.54) is 25.7 Å². The predicted octanol–water partition coefficient (Wildman–Crippen LogP) is 3.45. The highest BCUT2D eigenvalue weighted by atomic mass is 16.2. The Morgan fingerprint density at radius 3 is 2.23 bits per heavy atom. The topological polar surface area (TPSA) is 20.2 Å². The molecule has 1 nitrogen and oxygen atoms in total. The van der Waals surface area contributed by atoms with Crippen molar-refractivity contribution in [3.63, 3.8) is 0 Å². The highest BCUT2D eigenvalue weighted by molar-refractivity contribution is 4.92. The maximum atomic E-state index is 8.50. The second kappa shape index (κ2) is 11.4. The molecule has 0 aliphatic carbocycles. The molecule has 1 N–H and O–H groups in total. The monoisotopic (exact) mass is 182 g/mol. The van der Waals surface area contributed by atoms with Gasteiger partial charge in [0.25, 0.3) is 0 Å². The summed E-state index contributed by atoms with van der Waals surface area (Å²) in [6.07, 6.45) is 15.5. The van der Waals surface area contributed by atoms with E-state index in [2.05, 4.69) is 25.2 Å². The van der Waals surface area contributed by atoms with Crippen LogP contribution >= 0.6 is 0 Å². The molecular formula is C12H22O. The van der Waals surface area contributed by atoms with Crippen molar-refractivity contribution >= 4 is 0 Å². The Hall–Kier alpha value is -0.560. The highest BCUT2D eigenvalue weighted by Gasteiger charge is 1.80. The molecule has 0 spiro atoms. The lowest BCUT2D eigenvalue weighted by molar-refractivity contribution is 0.302. The number of hydrogen-bond donors (Lipinski definition) is 1. The Bertz CT molecular complexity index is 136. The van der Waals surface area contributed by atoms with Crippen LogP contribution in [0.25, 0.3) is 0 Å². The lowest BCUT2D eigenvalue weighted by Gasteiger charge is -1.90. The third kappa shape index (κ3) is 11.4. The van der Waals surface area contributed by atoms with Crippen LogP contribution in [0.5, 0.6) is 0 Å². The molecule has 0 bridgehead atoms. The molecule has 0 aromatic carbocycles. The van der Waals surface area contributed by atoms with E-state index in [9.17, 15) is 0 Å². The van der Waals surface area contributed by atoms with Crippen molar-refractivity contribution in [2.75, 3.05) is 6.61 Å². The molecular weight excluding hydrogens is 160 g/mol. The van der Waals surface area contributed by atoms with Gasteiger partial charge in [0.1, 0.15) is 0 Å². The van der Waals surface area contributed by atoms with Gasteiger partial charge < -0.3 is 5.11 Å². The summed E-state index contributed by atoms with van der Waals surface area (Å²) in [6.45, 7) is 2.48. The molecule has 0 heterocycles. The van der Waals surface area contributed by atoms with Crippen molar-refractivity contribution in [2.24, 2.45) is 0 Å². The minimum absolute atomic E-state index is 0.261. The average molecular weight is 182 g/mol. The Morgan fingerprint density at radius 2 is 1.62 bits per heavy atom. The first-order chi connectivity index (χ1) is 6.41. The van der Waals surface area contributed by atoms with Gasteiger partial charge in [0, 0.05) is 6.61 Å². The Balaban J connectivity index is 3.11. The molecule has 0 atom stereocenters. The van der Waals surface area contributed by atoms with Gasteiger partial charge in [0.15, 0.2) is 0 Å². The second-order valence-electron chi connectivity index (χ2n) is 3.19. The summed E-state index contributed by atoms with van der Waals surface area (Å²) >= 11 is 0. The zero-order chi connectivity index (χ0) is 9.78. The smallest absolute Gasteiger partial charge is 0.0465 e. The Kier molecular flexibility index (Phi) is 10.9. The van der Waals surface area contributed by atoms with Gasteiger partial charge in [0.05, 0.1) is 0 Å². The van der Waals surface area contributed by atoms with E-state index < -0.39 is 0 Å². The molecule has 1 heteroatoms. The average Bonchev–Trinajstić information content (AvgIpc) is 2.16. The van der Waals surface area contributed by atoms with Gasteiger partial charge in [-0.15, -0.1) is 0 Å². The summed E-state index contributed by atoms with van der Waals surface area (Å²) in [4.78, 5) is 0. The van der Waals surface area contributed by atoms with E-state index in [-0.39, 0.29) is 6.61 Å². The Morgan fingerprint density at radius 1 is 0.923 bits per heavy atom. The fourth-order valence-corrected chi connectivity index (χ4v) is 1.09. The fourth-order valence-electron chi connectivity index (χ4n) is 1.09. The predicted molar refractivity (Wildman–Crippen MR) is 58.7 cm³/mol. The quantitative estimate of drug-likeness (QED) is 0.450. The summed E-state index contributed by atoms with van der Waals surface area (Å²) in [7, 11) is 0. The molecule has 13 heavy (non-hydrogen) atoms. The maximum Gasteiger partial charge on any atom is 0.0465 e. The third-order valence-corrected chi connectivity index (χ3v) is 1.88. The van der Waals surface area contributed by atoms with Crippen LogP contribution in [0.3, 0.4) is 0 Å². The summed E-state index contributed by atoms with van der Waals surface area (Å²) in [6, 6.07) is 0. The van der Waals surface area contributed by atoms with E-state index in [0.29, 0.717) is 0 Å². The number of hydrogen-bond acceptors (Lipinski definition) is 1. The van der Waals surface area contributed by atoms with Gasteiger partial charge in [-0.25, -0.2) is 0 Å². The molecule has 0 rings (SSSR count). The van der Waals surface area contributed by atoms with Crippen LogP contribution in [0.1, 0.15) is 45.4 Å². The van der Waals surface area contributed by atoms with E-state index in [1.807, 2.05) is 6.08 Å². The zero-order valence-corrected chi connectivity index (χ0v) is 8.71. The van der Waals surface area contributed by atoms with E-state index in [4.69, 9.17) is 5.11 Å². The van der Waals surface area contributed by atoms with E-state index in [0.717, 1.165) is 12.8 Å². The first-order valence-corrected chi connectivity index (χ1v) is 5.32. The minimum atomic E-state index is 0.261. The van der Waals surface area contributed by atoms with Crippen LogP contribution in [0, 0.1) is 0 Å². The van der Waals surface area contributed by atoms with Gasteiger partial charge in [-0.05, 0) is 25.7 Å². The van der Waals surface area contributed by atoms with Crippen molar-refractivity contribution in [3.05, 3.63) is 24.3 Å². The fraction of sp³-hybridized carbons (Fsp3) is 0.667. The van der Waals surface area contributed by atoms with E-state index >= 15 is 0 Å². The number of aliphatic hydroxyl groups is 1. The molecule has 0 saturated carbocycles. The SMILES string of the molecule is CCCCC/C=C/C/C=C\CCO. The lowest BCUT2D eigenvalue weighted by Crippen LogP contribution is -1.74. The minimum Gasteiger partial charge on any atom is -0.396 e. The van der Waals surface area contributed by atoms with Gasteiger partial charge >= 0.3 is 0 Å². The molecule has 0 unspecified atom stereocenters. The van der Waals surface area contributed by atoms with Crippen LogP contribution in [0.4, 0.5) is 0 Å². The van der Waals surface area contributed by atoms with Crippen LogP contribution in [-0.2, 0) is 0 Å². The molecule has 0 saturated heterocycles. The lowest BCUT2D eigenvalue weighted by atomic mass is 10.2. The molecule has 0 aromatic heterocycles. The summed E-state index contributed by atoms with van der Waals surface area (Å²) < 4.78 is 0. The first kappa shape index (κ1) is 12.4. The normalized spacial score (nSPS) is 11.8. The molecule has 0 radical (unpaired) electrons.